The van der Waals surface area contributed by atoms with Gasteiger partial charge in [-0.2, -0.15) is 0 Å². The number of hydrogen-bond acceptors (Lipinski definition) is 4. The van der Waals surface area contributed by atoms with Crippen LogP contribution in [-0.2, 0) is 9.59 Å². The summed E-state index contributed by atoms with van der Waals surface area (Å²) in [6, 6.07) is 9.82. The van der Waals surface area contributed by atoms with Crippen molar-refractivity contribution in [2.24, 2.45) is 0 Å². The van der Waals surface area contributed by atoms with Crippen LogP contribution >= 0.6 is 11.6 Å². The molecule has 0 radical (unpaired) electrons. The number of anilines is 2. The Labute approximate surface area is 125 Å². The first kappa shape index (κ1) is 14.7. The maximum Gasteiger partial charge on any atom is 0.314 e. The van der Waals surface area contributed by atoms with Crippen LogP contribution in [0, 0.1) is 0 Å². The van der Waals surface area contributed by atoms with Crippen LogP contribution in [0.2, 0.25) is 5.02 Å². The van der Waals surface area contributed by atoms with Gasteiger partial charge in [0.25, 0.3) is 0 Å². The minimum atomic E-state index is -0.976. The highest BCUT2D eigenvalue weighted by Crippen LogP contribution is 2.26. The fraction of sp³-hybridized carbons (Fsp3) is 0. The summed E-state index contributed by atoms with van der Waals surface area (Å²) >= 11 is 5.74. The van der Waals surface area contributed by atoms with Crippen molar-refractivity contribution in [3.05, 3.63) is 47.5 Å². The molecule has 2 rings (SSSR count). The van der Waals surface area contributed by atoms with Crippen molar-refractivity contribution >= 4 is 34.8 Å². The van der Waals surface area contributed by atoms with Gasteiger partial charge in [0.1, 0.15) is 11.5 Å². The van der Waals surface area contributed by atoms with Gasteiger partial charge in [0.05, 0.1) is 5.69 Å². The molecule has 0 atom stereocenters. The zero-order valence-electron chi connectivity index (χ0n) is 10.6. The number of benzene rings is 2. The molecule has 4 N–H and O–H groups in total. The van der Waals surface area contributed by atoms with Gasteiger partial charge in [-0.15, -0.1) is 0 Å². The summed E-state index contributed by atoms with van der Waals surface area (Å²) in [7, 11) is 0. The Balaban J connectivity index is 2.06. The molecule has 0 aliphatic rings. The van der Waals surface area contributed by atoms with Gasteiger partial charge in [-0.25, -0.2) is 0 Å². The van der Waals surface area contributed by atoms with E-state index in [9.17, 15) is 19.8 Å². The standard InChI is InChI=1S/C14H11ClN2O4/c15-8-4-5-12(19)11(6-8)17-14(21)13(20)16-9-2-1-3-10(18)7-9/h1-7,18-19H,(H,16,20)(H,17,21). The Bertz CT molecular complexity index is 703. The fourth-order valence-electron chi connectivity index (χ4n) is 1.56. The second kappa shape index (κ2) is 6.15. The third kappa shape index (κ3) is 3.87. The third-order valence-corrected chi connectivity index (χ3v) is 2.75. The van der Waals surface area contributed by atoms with Gasteiger partial charge < -0.3 is 20.8 Å². The zero-order chi connectivity index (χ0) is 15.4. The summed E-state index contributed by atoms with van der Waals surface area (Å²) in [5.74, 6) is -2.17. The lowest BCUT2D eigenvalue weighted by atomic mass is 10.3. The molecule has 0 saturated carbocycles. The van der Waals surface area contributed by atoms with Gasteiger partial charge in [0.2, 0.25) is 0 Å². The molecule has 0 aliphatic heterocycles. The Kier molecular flexibility index (Phi) is 4.30. The van der Waals surface area contributed by atoms with Crippen LogP contribution < -0.4 is 10.6 Å². The average molecular weight is 307 g/mol. The van der Waals surface area contributed by atoms with Crippen molar-refractivity contribution in [1.29, 1.82) is 0 Å². The van der Waals surface area contributed by atoms with E-state index in [1.54, 1.807) is 0 Å². The van der Waals surface area contributed by atoms with Crippen LogP contribution in [0.1, 0.15) is 0 Å². The lowest BCUT2D eigenvalue weighted by molar-refractivity contribution is -0.133. The number of halogens is 1. The maximum absolute atomic E-state index is 11.7. The predicted molar refractivity (Wildman–Crippen MR) is 78.5 cm³/mol. The highest BCUT2D eigenvalue weighted by Gasteiger charge is 2.16. The molecule has 2 aromatic rings. The molecular formula is C14H11ClN2O4. The second-order valence-corrected chi connectivity index (χ2v) is 4.56. The van der Waals surface area contributed by atoms with E-state index < -0.39 is 11.8 Å². The molecule has 7 heteroatoms. The number of carbonyl (C=O) groups is 2. The van der Waals surface area contributed by atoms with Gasteiger partial charge in [-0.05, 0) is 30.3 Å². The van der Waals surface area contributed by atoms with Gasteiger partial charge in [-0.1, -0.05) is 17.7 Å². The first-order chi connectivity index (χ1) is 9.95. The zero-order valence-corrected chi connectivity index (χ0v) is 11.4. The van der Waals surface area contributed by atoms with Gasteiger partial charge in [-0.3, -0.25) is 9.59 Å². The van der Waals surface area contributed by atoms with Crippen LogP contribution in [0.5, 0.6) is 11.5 Å². The molecule has 0 spiro atoms. The summed E-state index contributed by atoms with van der Waals surface area (Å²) < 4.78 is 0. The molecule has 0 unspecified atom stereocenters. The predicted octanol–water partition coefficient (Wildman–Crippen LogP) is 2.33. The molecule has 2 amide bonds. The quantitative estimate of drug-likeness (QED) is 0.505. The number of nitrogens with one attached hydrogen (secondary N) is 2. The van der Waals surface area contributed by atoms with Crippen molar-refractivity contribution in [1.82, 2.24) is 0 Å². The lowest BCUT2D eigenvalue weighted by Gasteiger charge is -2.08. The number of aromatic hydroxyl groups is 2. The summed E-state index contributed by atoms with van der Waals surface area (Å²) in [6.07, 6.45) is 0. The molecule has 21 heavy (non-hydrogen) atoms. The SMILES string of the molecule is O=C(Nc1cccc(O)c1)C(=O)Nc1cc(Cl)ccc1O. The first-order valence-corrected chi connectivity index (χ1v) is 6.23. The van der Waals surface area contributed by atoms with Crippen LogP contribution in [0.15, 0.2) is 42.5 Å². The van der Waals surface area contributed by atoms with E-state index >= 15 is 0 Å². The second-order valence-electron chi connectivity index (χ2n) is 4.12. The van der Waals surface area contributed by atoms with Crippen LogP contribution in [0.3, 0.4) is 0 Å². The van der Waals surface area contributed by atoms with Crippen molar-refractivity contribution in [3.8, 4) is 11.5 Å². The number of carbonyl (C=O) groups excluding carboxylic acids is 2. The van der Waals surface area contributed by atoms with E-state index in [4.69, 9.17) is 11.6 Å². The monoisotopic (exact) mass is 306 g/mol. The fourth-order valence-corrected chi connectivity index (χ4v) is 1.73. The molecule has 0 heterocycles. The highest BCUT2D eigenvalue weighted by atomic mass is 35.5. The molecule has 6 nitrogen and oxygen atoms in total. The van der Waals surface area contributed by atoms with E-state index in [0.29, 0.717) is 5.02 Å². The number of phenolic OH excluding ortho intramolecular Hbond substituents is 2. The summed E-state index contributed by atoms with van der Waals surface area (Å²) in [6.45, 7) is 0. The van der Waals surface area contributed by atoms with Crippen LogP contribution in [-0.4, -0.2) is 22.0 Å². The lowest BCUT2D eigenvalue weighted by Crippen LogP contribution is -2.29. The molecule has 0 bridgehead atoms. The van der Waals surface area contributed by atoms with Crippen LogP contribution in [0.25, 0.3) is 0 Å². The van der Waals surface area contributed by atoms with Gasteiger partial charge >= 0.3 is 11.8 Å². The minimum absolute atomic E-state index is 0.0264. The first-order valence-electron chi connectivity index (χ1n) is 5.85. The average Bonchev–Trinajstić information content (AvgIpc) is 2.43. The van der Waals surface area contributed by atoms with Gasteiger partial charge in [0.15, 0.2) is 0 Å². The van der Waals surface area contributed by atoms with Crippen molar-refractivity contribution in [2.75, 3.05) is 10.6 Å². The largest absolute Gasteiger partial charge is 0.508 e. The summed E-state index contributed by atoms with van der Waals surface area (Å²) in [4.78, 5) is 23.4. The van der Waals surface area contributed by atoms with E-state index in [1.165, 1.54) is 42.5 Å². The molecule has 108 valence electrons. The Hall–Kier alpha value is -2.73. The van der Waals surface area contributed by atoms with E-state index in [1.807, 2.05) is 0 Å². The van der Waals surface area contributed by atoms with E-state index in [-0.39, 0.29) is 22.9 Å². The Morgan fingerprint density at radius 3 is 2.38 bits per heavy atom. The maximum atomic E-state index is 11.7. The number of phenols is 2. The normalized spacial score (nSPS) is 9.95. The Morgan fingerprint density at radius 1 is 0.952 bits per heavy atom. The number of amides is 2. The highest BCUT2D eigenvalue weighted by molar-refractivity contribution is 6.44. The molecule has 0 aliphatic carbocycles. The van der Waals surface area contributed by atoms with Gasteiger partial charge in [0, 0.05) is 16.8 Å². The van der Waals surface area contributed by atoms with Crippen LogP contribution in [0.4, 0.5) is 11.4 Å². The number of hydrogen-bond donors (Lipinski definition) is 4. The van der Waals surface area contributed by atoms with E-state index in [0.717, 1.165) is 0 Å². The summed E-state index contributed by atoms with van der Waals surface area (Å²) in [5.41, 5.74) is 0.295. The summed E-state index contributed by atoms with van der Waals surface area (Å²) in [5, 5.41) is 23.7. The van der Waals surface area contributed by atoms with Crippen molar-refractivity contribution in [2.45, 2.75) is 0 Å². The molecule has 2 aromatic carbocycles. The van der Waals surface area contributed by atoms with Crippen molar-refractivity contribution < 1.29 is 19.8 Å². The Morgan fingerprint density at radius 2 is 1.67 bits per heavy atom. The molecule has 0 aromatic heterocycles. The van der Waals surface area contributed by atoms with Crippen molar-refractivity contribution in [3.63, 3.8) is 0 Å². The molecular weight excluding hydrogens is 296 g/mol. The van der Waals surface area contributed by atoms with E-state index in [2.05, 4.69) is 10.6 Å². The number of rotatable bonds is 2. The molecule has 0 saturated heterocycles. The third-order valence-electron chi connectivity index (χ3n) is 2.52. The topological polar surface area (TPSA) is 98.7 Å². The minimum Gasteiger partial charge on any atom is -0.508 e. The molecule has 0 fully saturated rings. The smallest absolute Gasteiger partial charge is 0.314 e.